The maximum Gasteiger partial charge on any atom is 0.219 e. The highest BCUT2D eigenvalue weighted by atomic mass is 16.5. The molecule has 4 heteroatoms. The normalized spacial score (nSPS) is 19.6. The van der Waals surface area contributed by atoms with Crippen molar-refractivity contribution in [2.45, 2.75) is 38.5 Å². The molecule has 2 N–H and O–H groups in total. The first-order valence-corrected chi connectivity index (χ1v) is 7.58. The number of benzene rings is 1. The molecule has 0 radical (unpaired) electrons. The van der Waals surface area contributed by atoms with E-state index < -0.39 is 0 Å². The Labute approximate surface area is 119 Å². The first-order valence-electron chi connectivity index (χ1n) is 7.58. The second-order valence-electron chi connectivity index (χ2n) is 5.51. The number of hydrogen-bond acceptors (Lipinski definition) is 3. The summed E-state index contributed by atoms with van der Waals surface area (Å²) in [6, 6.07) is 4.29. The lowest BCUT2D eigenvalue weighted by Gasteiger charge is -2.24. The van der Waals surface area contributed by atoms with Gasteiger partial charge in [0.15, 0.2) is 0 Å². The van der Waals surface area contributed by atoms with Crippen LogP contribution in [0.3, 0.4) is 0 Å². The van der Waals surface area contributed by atoms with Gasteiger partial charge in [-0.3, -0.25) is 4.79 Å². The average molecular weight is 274 g/mol. The van der Waals surface area contributed by atoms with Crippen LogP contribution in [0.4, 0.5) is 5.69 Å². The molecule has 1 heterocycles. The number of amides is 1. The van der Waals surface area contributed by atoms with Gasteiger partial charge in [0, 0.05) is 19.5 Å². The fourth-order valence-corrected chi connectivity index (χ4v) is 3.24. The molecule has 20 heavy (non-hydrogen) atoms. The maximum atomic E-state index is 11.3. The number of hydrogen-bond donors (Lipinski definition) is 2. The smallest absolute Gasteiger partial charge is 0.219 e. The highest BCUT2D eigenvalue weighted by Gasteiger charge is 2.28. The molecule has 0 aromatic heterocycles. The minimum absolute atomic E-state index is 0.139. The van der Waals surface area contributed by atoms with Crippen molar-refractivity contribution in [2.24, 2.45) is 0 Å². The molecule has 108 valence electrons. The molecule has 0 saturated carbocycles. The zero-order valence-electron chi connectivity index (χ0n) is 12.0. The largest absolute Gasteiger partial charge is 0.490 e. The van der Waals surface area contributed by atoms with Crippen molar-refractivity contribution >= 4 is 11.6 Å². The van der Waals surface area contributed by atoms with E-state index in [1.807, 2.05) is 6.92 Å². The summed E-state index contributed by atoms with van der Waals surface area (Å²) in [5, 5.41) is 6.47. The standard InChI is InChI=1S/C16H22N2O2/c1-2-14(19)17-8-7-12-4-3-11-5-6-13-16(15(11)12)18-9-10-20-13/h5-6,12,18H,2-4,7-10H2,1H3,(H,17,19)/t12-/m0/s1. The molecule has 1 aromatic carbocycles. The van der Waals surface area contributed by atoms with E-state index in [0.29, 0.717) is 12.3 Å². The predicted octanol–water partition coefficient (Wildman–Crippen LogP) is 2.44. The maximum absolute atomic E-state index is 11.3. The Morgan fingerprint density at radius 1 is 1.50 bits per heavy atom. The fourth-order valence-electron chi connectivity index (χ4n) is 3.24. The summed E-state index contributed by atoms with van der Waals surface area (Å²) in [7, 11) is 0. The monoisotopic (exact) mass is 274 g/mol. The summed E-state index contributed by atoms with van der Waals surface area (Å²) in [6.07, 6.45) is 3.88. The van der Waals surface area contributed by atoms with Crippen LogP contribution in [-0.4, -0.2) is 25.6 Å². The number of rotatable bonds is 4. The van der Waals surface area contributed by atoms with Crippen LogP contribution in [0, 0.1) is 0 Å². The van der Waals surface area contributed by atoms with Crippen molar-refractivity contribution in [1.29, 1.82) is 0 Å². The number of carbonyl (C=O) groups excluding carboxylic acids is 1. The highest BCUT2D eigenvalue weighted by Crippen LogP contribution is 2.45. The lowest BCUT2D eigenvalue weighted by Crippen LogP contribution is -2.25. The molecule has 0 spiro atoms. The molecule has 1 aliphatic carbocycles. The van der Waals surface area contributed by atoms with Gasteiger partial charge in [-0.1, -0.05) is 13.0 Å². The molecule has 0 bridgehead atoms. The van der Waals surface area contributed by atoms with Gasteiger partial charge in [0.25, 0.3) is 0 Å². The molecule has 1 atom stereocenters. The molecule has 0 saturated heterocycles. The van der Waals surface area contributed by atoms with Crippen LogP contribution < -0.4 is 15.4 Å². The number of nitrogens with one attached hydrogen (secondary N) is 2. The third kappa shape index (κ3) is 2.47. The SMILES string of the molecule is CCC(=O)NCC[C@@H]1CCc2ccc3c(c21)NCCO3. The fraction of sp³-hybridized carbons (Fsp3) is 0.562. The Kier molecular flexibility index (Phi) is 3.81. The Hall–Kier alpha value is -1.71. The van der Waals surface area contributed by atoms with Crippen molar-refractivity contribution in [3.05, 3.63) is 23.3 Å². The summed E-state index contributed by atoms with van der Waals surface area (Å²) in [5.41, 5.74) is 4.06. The number of ether oxygens (including phenoxy) is 1. The van der Waals surface area contributed by atoms with Crippen LogP contribution in [0.1, 0.15) is 43.2 Å². The quantitative estimate of drug-likeness (QED) is 0.886. The number of fused-ring (bicyclic) bond motifs is 3. The van der Waals surface area contributed by atoms with E-state index in [4.69, 9.17) is 4.74 Å². The molecule has 1 amide bonds. The van der Waals surface area contributed by atoms with Crippen LogP contribution in [0.15, 0.2) is 12.1 Å². The van der Waals surface area contributed by atoms with Gasteiger partial charge in [-0.15, -0.1) is 0 Å². The molecule has 2 aliphatic rings. The van der Waals surface area contributed by atoms with E-state index in [9.17, 15) is 4.79 Å². The third-order valence-electron chi connectivity index (χ3n) is 4.27. The average Bonchev–Trinajstić information content (AvgIpc) is 2.91. The molecule has 0 unspecified atom stereocenters. The van der Waals surface area contributed by atoms with Gasteiger partial charge in [-0.25, -0.2) is 0 Å². The topological polar surface area (TPSA) is 50.4 Å². The van der Waals surface area contributed by atoms with E-state index in [1.165, 1.54) is 23.2 Å². The minimum Gasteiger partial charge on any atom is -0.490 e. The zero-order chi connectivity index (χ0) is 13.9. The Morgan fingerprint density at radius 2 is 2.40 bits per heavy atom. The Balaban J connectivity index is 1.73. The minimum atomic E-state index is 0.139. The summed E-state index contributed by atoms with van der Waals surface area (Å²) in [6.45, 7) is 4.27. The van der Waals surface area contributed by atoms with E-state index in [2.05, 4.69) is 22.8 Å². The summed E-state index contributed by atoms with van der Waals surface area (Å²) >= 11 is 0. The first-order chi connectivity index (χ1) is 9.79. The van der Waals surface area contributed by atoms with Crippen LogP contribution in [0.2, 0.25) is 0 Å². The molecule has 1 aromatic rings. The van der Waals surface area contributed by atoms with Gasteiger partial charge < -0.3 is 15.4 Å². The second-order valence-corrected chi connectivity index (χ2v) is 5.51. The zero-order valence-corrected chi connectivity index (χ0v) is 12.0. The van der Waals surface area contributed by atoms with Gasteiger partial charge in [0.05, 0.1) is 5.69 Å². The third-order valence-corrected chi connectivity index (χ3v) is 4.27. The van der Waals surface area contributed by atoms with E-state index in [-0.39, 0.29) is 5.91 Å². The van der Waals surface area contributed by atoms with Crippen LogP contribution in [-0.2, 0) is 11.2 Å². The highest BCUT2D eigenvalue weighted by molar-refractivity contribution is 5.75. The van der Waals surface area contributed by atoms with Crippen molar-refractivity contribution in [2.75, 3.05) is 25.0 Å². The molecule has 3 rings (SSSR count). The predicted molar refractivity (Wildman–Crippen MR) is 79.4 cm³/mol. The second kappa shape index (κ2) is 5.73. The van der Waals surface area contributed by atoms with E-state index in [1.54, 1.807) is 0 Å². The molecular weight excluding hydrogens is 252 g/mol. The van der Waals surface area contributed by atoms with Crippen molar-refractivity contribution < 1.29 is 9.53 Å². The van der Waals surface area contributed by atoms with E-state index >= 15 is 0 Å². The summed E-state index contributed by atoms with van der Waals surface area (Å²) in [5.74, 6) is 1.66. The number of carbonyl (C=O) groups is 1. The van der Waals surface area contributed by atoms with Gasteiger partial charge >= 0.3 is 0 Å². The lowest BCUT2D eigenvalue weighted by atomic mass is 9.95. The van der Waals surface area contributed by atoms with Crippen LogP contribution in [0.25, 0.3) is 0 Å². The number of anilines is 1. The van der Waals surface area contributed by atoms with Gasteiger partial charge in [0.2, 0.25) is 5.91 Å². The van der Waals surface area contributed by atoms with Crippen molar-refractivity contribution in [3.63, 3.8) is 0 Å². The Bertz CT molecular complexity index is 513. The van der Waals surface area contributed by atoms with Crippen molar-refractivity contribution in [3.8, 4) is 5.75 Å². The molecule has 4 nitrogen and oxygen atoms in total. The number of aryl methyl sites for hydroxylation is 1. The van der Waals surface area contributed by atoms with Gasteiger partial charge in [-0.05, 0) is 42.4 Å². The van der Waals surface area contributed by atoms with Gasteiger partial charge in [-0.2, -0.15) is 0 Å². The summed E-state index contributed by atoms with van der Waals surface area (Å²) < 4.78 is 5.72. The van der Waals surface area contributed by atoms with Crippen molar-refractivity contribution in [1.82, 2.24) is 5.32 Å². The first kappa shape index (κ1) is 13.3. The summed E-state index contributed by atoms with van der Waals surface area (Å²) in [4.78, 5) is 11.3. The van der Waals surface area contributed by atoms with Crippen LogP contribution in [0.5, 0.6) is 5.75 Å². The Morgan fingerprint density at radius 3 is 3.25 bits per heavy atom. The molecule has 0 fully saturated rings. The van der Waals surface area contributed by atoms with Gasteiger partial charge in [0.1, 0.15) is 12.4 Å². The van der Waals surface area contributed by atoms with Crippen LogP contribution >= 0.6 is 0 Å². The molecular formula is C16H22N2O2. The molecule has 1 aliphatic heterocycles. The lowest BCUT2D eigenvalue weighted by molar-refractivity contribution is -0.120. The van der Waals surface area contributed by atoms with E-state index in [0.717, 1.165) is 38.3 Å².